The molecule has 0 saturated carbocycles. The Bertz CT molecular complexity index is 819. The van der Waals surface area contributed by atoms with E-state index in [9.17, 15) is 4.79 Å². The van der Waals surface area contributed by atoms with Gasteiger partial charge in [0.25, 0.3) is 0 Å². The van der Waals surface area contributed by atoms with Crippen molar-refractivity contribution in [2.24, 2.45) is 0 Å². The number of aryl methyl sites for hydroxylation is 1. The fraction of sp³-hybridized carbons (Fsp3) is 0.450. The molecule has 0 N–H and O–H groups in total. The number of para-hydroxylation sites is 1. The van der Waals surface area contributed by atoms with Gasteiger partial charge >= 0.3 is 0 Å². The van der Waals surface area contributed by atoms with Crippen molar-refractivity contribution in [3.05, 3.63) is 47.6 Å². The van der Waals surface area contributed by atoms with E-state index in [1.54, 1.807) is 13.2 Å². The van der Waals surface area contributed by atoms with Crippen LogP contribution in [0.1, 0.15) is 42.4 Å². The Balaban J connectivity index is 1.37. The molecule has 2 aliphatic rings. The Kier molecular flexibility index (Phi) is 4.73. The molecule has 1 amide bonds. The molecule has 1 saturated heterocycles. The summed E-state index contributed by atoms with van der Waals surface area (Å²) < 4.78 is 7.61. The van der Waals surface area contributed by atoms with Crippen molar-refractivity contribution in [3.8, 4) is 5.75 Å². The molecule has 6 heteroatoms. The molecule has 6 nitrogen and oxygen atoms in total. The Morgan fingerprint density at radius 2 is 2.00 bits per heavy atom. The molecule has 136 valence electrons. The zero-order valence-electron chi connectivity index (χ0n) is 15.1. The maximum absolute atomic E-state index is 12.5. The van der Waals surface area contributed by atoms with Crippen LogP contribution in [0.2, 0.25) is 0 Å². The number of benzene rings is 1. The summed E-state index contributed by atoms with van der Waals surface area (Å²) >= 11 is 0. The van der Waals surface area contributed by atoms with Crippen LogP contribution >= 0.6 is 0 Å². The number of nitrogens with zero attached hydrogens (tertiary/aromatic N) is 4. The average Bonchev–Trinajstić information content (AvgIpc) is 3.30. The predicted molar refractivity (Wildman–Crippen MR) is 98.9 cm³/mol. The molecule has 4 rings (SSSR count). The lowest BCUT2D eigenvalue weighted by Crippen LogP contribution is -2.37. The summed E-state index contributed by atoms with van der Waals surface area (Å²) in [5.41, 5.74) is 0.914. The van der Waals surface area contributed by atoms with E-state index in [1.165, 1.54) is 6.42 Å². The number of rotatable bonds is 4. The minimum Gasteiger partial charge on any atom is -0.496 e. The second-order valence-electron chi connectivity index (χ2n) is 6.90. The van der Waals surface area contributed by atoms with Crippen LogP contribution in [-0.2, 0) is 17.8 Å². The summed E-state index contributed by atoms with van der Waals surface area (Å²) in [7, 11) is 1.64. The monoisotopic (exact) mass is 352 g/mol. The third kappa shape index (κ3) is 3.23. The summed E-state index contributed by atoms with van der Waals surface area (Å²) in [5.74, 6) is 3.49. The standard InChI is InChI=1S/C20H24N4O2/c1-26-17-6-3-2-5-15(17)8-9-19(25)23-13-10-16(11-14-23)20-22-21-18-7-4-12-24(18)20/h2-3,5-6,8-9,16H,4,7,10-14H2,1H3/b9-8-. The predicted octanol–water partition coefficient (Wildman–Crippen LogP) is 2.65. The van der Waals surface area contributed by atoms with Crippen LogP contribution in [0.15, 0.2) is 30.3 Å². The summed E-state index contributed by atoms with van der Waals surface area (Å²) in [5, 5.41) is 8.72. The summed E-state index contributed by atoms with van der Waals surface area (Å²) in [6, 6.07) is 7.70. The highest BCUT2D eigenvalue weighted by atomic mass is 16.5. The number of carbonyl (C=O) groups excluding carboxylic acids is 1. The van der Waals surface area contributed by atoms with Crippen LogP contribution in [0.4, 0.5) is 0 Å². The molecular formula is C20H24N4O2. The first kappa shape index (κ1) is 16.8. The molecule has 0 unspecified atom stereocenters. The molecule has 26 heavy (non-hydrogen) atoms. The van der Waals surface area contributed by atoms with Crippen molar-refractivity contribution in [2.45, 2.75) is 38.1 Å². The molecular weight excluding hydrogens is 328 g/mol. The van der Waals surface area contributed by atoms with Crippen molar-refractivity contribution in [2.75, 3.05) is 20.2 Å². The van der Waals surface area contributed by atoms with Crippen molar-refractivity contribution in [1.29, 1.82) is 0 Å². The number of methoxy groups -OCH3 is 1. The van der Waals surface area contributed by atoms with E-state index in [2.05, 4.69) is 14.8 Å². The van der Waals surface area contributed by atoms with E-state index in [1.807, 2.05) is 35.2 Å². The summed E-state index contributed by atoms with van der Waals surface area (Å²) in [6.07, 6.45) is 7.59. The Morgan fingerprint density at radius 3 is 2.81 bits per heavy atom. The smallest absolute Gasteiger partial charge is 0.246 e. The highest BCUT2D eigenvalue weighted by Crippen LogP contribution is 2.29. The highest BCUT2D eigenvalue weighted by molar-refractivity contribution is 5.92. The van der Waals surface area contributed by atoms with Crippen LogP contribution in [0.25, 0.3) is 6.08 Å². The van der Waals surface area contributed by atoms with Gasteiger partial charge in [-0.3, -0.25) is 4.79 Å². The highest BCUT2D eigenvalue weighted by Gasteiger charge is 2.28. The van der Waals surface area contributed by atoms with Gasteiger partial charge in [-0.15, -0.1) is 10.2 Å². The van der Waals surface area contributed by atoms with E-state index >= 15 is 0 Å². The topological polar surface area (TPSA) is 60.2 Å². The van der Waals surface area contributed by atoms with Gasteiger partial charge in [0.2, 0.25) is 5.91 Å². The van der Waals surface area contributed by atoms with Crippen molar-refractivity contribution in [1.82, 2.24) is 19.7 Å². The number of hydrogen-bond donors (Lipinski definition) is 0. The third-order valence-electron chi connectivity index (χ3n) is 5.35. The lowest BCUT2D eigenvalue weighted by molar-refractivity contribution is -0.127. The molecule has 1 aromatic carbocycles. The normalized spacial score (nSPS) is 17.7. The van der Waals surface area contributed by atoms with Crippen molar-refractivity contribution >= 4 is 12.0 Å². The lowest BCUT2D eigenvalue weighted by Gasteiger charge is -2.30. The van der Waals surface area contributed by atoms with Gasteiger partial charge in [0.1, 0.15) is 17.4 Å². The number of hydrogen-bond acceptors (Lipinski definition) is 4. The molecule has 0 spiro atoms. The van der Waals surface area contributed by atoms with Gasteiger partial charge in [-0.05, 0) is 31.4 Å². The van der Waals surface area contributed by atoms with E-state index in [0.717, 1.165) is 61.9 Å². The van der Waals surface area contributed by atoms with Crippen LogP contribution < -0.4 is 4.74 Å². The zero-order valence-corrected chi connectivity index (χ0v) is 15.1. The number of fused-ring (bicyclic) bond motifs is 1. The number of aromatic nitrogens is 3. The summed E-state index contributed by atoms with van der Waals surface area (Å²) in [6.45, 7) is 2.57. The van der Waals surface area contributed by atoms with Crippen LogP contribution in [-0.4, -0.2) is 45.8 Å². The first-order valence-electron chi connectivity index (χ1n) is 9.28. The van der Waals surface area contributed by atoms with Crippen molar-refractivity contribution in [3.63, 3.8) is 0 Å². The second kappa shape index (κ2) is 7.32. The average molecular weight is 352 g/mol. The van der Waals surface area contributed by atoms with Gasteiger partial charge < -0.3 is 14.2 Å². The molecule has 1 fully saturated rings. The fourth-order valence-corrected chi connectivity index (χ4v) is 3.90. The molecule has 0 aliphatic carbocycles. The zero-order chi connectivity index (χ0) is 17.9. The van der Waals surface area contributed by atoms with Gasteiger partial charge in [0.15, 0.2) is 0 Å². The quantitative estimate of drug-likeness (QED) is 0.794. The maximum Gasteiger partial charge on any atom is 0.246 e. The van der Waals surface area contributed by atoms with Crippen LogP contribution in [0.5, 0.6) is 5.75 Å². The third-order valence-corrected chi connectivity index (χ3v) is 5.35. The number of carbonyl (C=O) groups is 1. The lowest BCUT2D eigenvalue weighted by atomic mass is 9.96. The first-order chi connectivity index (χ1) is 12.8. The number of amides is 1. The minimum atomic E-state index is 0.0563. The molecule has 0 bridgehead atoms. The van der Waals surface area contributed by atoms with E-state index in [-0.39, 0.29) is 5.91 Å². The number of piperidine rings is 1. The SMILES string of the molecule is COc1ccccc1/C=C\C(=O)N1CCC(c2nnc3n2CCC3)CC1. The molecule has 0 radical (unpaired) electrons. The molecule has 3 heterocycles. The van der Waals surface area contributed by atoms with Gasteiger partial charge in [-0.2, -0.15) is 0 Å². The Morgan fingerprint density at radius 1 is 1.19 bits per heavy atom. The Hall–Kier alpha value is -2.63. The van der Waals surface area contributed by atoms with E-state index in [0.29, 0.717) is 5.92 Å². The van der Waals surface area contributed by atoms with Crippen LogP contribution in [0.3, 0.4) is 0 Å². The van der Waals surface area contributed by atoms with Crippen molar-refractivity contribution < 1.29 is 9.53 Å². The minimum absolute atomic E-state index is 0.0563. The molecule has 1 aromatic heterocycles. The first-order valence-corrected chi connectivity index (χ1v) is 9.28. The molecule has 2 aliphatic heterocycles. The van der Waals surface area contributed by atoms with Gasteiger partial charge in [-0.1, -0.05) is 18.2 Å². The molecule has 2 aromatic rings. The number of likely N-dealkylation sites (tertiary alicyclic amines) is 1. The number of ether oxygens (including phenoxy) is 1. The second-order valence-corrected chi connectivity index (χ2v) is 6.90. The largest absolute Gasteiger partial charge is 0.496 e. The van der Waals surface area contributed by atoms with Gasteiger partial charge in [0, 0.05) is 43.6 Å². The Labute approximate surface area is 153 Å². The summed E-state index contributed by atoms with van der Waals surface area (Å²) in [4.78, 5) is 14.4. The van der Waals surface area contributed by atoms with Gasteiger partial charge in [-0.25, -0.2) is 0 Å². The maximum atomic E-state index is 12.5. The van der Waals surface area contributed by atoms with Crippen LogP contribution in [0, 0.1) is 0 Å². The van der Waals surface area contributed by atoms with E-state index in [4.69, 9.17) is 4.74 Å². The van der Waals surface area contributed by atoms with Gasteiger partial charge in [0.05, 0.1) is 7.11 Å². The molecule has 0 atom stereocenters. The fourth-order valence-electron chi connectivity index (χ4n) is 3.90. The van der Waals surface area contributed by atoms with E-state index < -0.39 is 0 Å².